The van der Waals surface area contributed by atoms with Crippen LogP contribution in [-0.4, -0.2) is 24.3 Å². The van der Waals surface area contributed by atoms with Gasteiger partial charge < -0.3 is 15.3 Å². The largest absolute Gasteiger partial charge is 0.407 e. The van der Waals surface area contributed by atoms with Crippen molar-refractivity contribution in [1.29, 1.82) is 0 Å². The average Bonchev–Trinajstić information content (AvgIpc) is 2.06. The highest BCUT2D eigenvalue weighted by atomic mass is 28.4. The van der Waals surface area contributed by atoms with Crippen molar-refractivity contribution < 1.29 is 9.59 Å². The summed E-state index contributed by atoms with van der Waals surface area (Å²) in [5.74, 6) is 0. The fourth-order valence-electron chi connectivity index (χ4n) is 0.823. The van der Waals surface area contributed by atoms with Crippen molar-refractivity contribution in [3.05, 3.63) is 30.3 Å². The Morgan fingerprint density at radius 1 is 1.18 bits per heavy atom. The molecule has 1 aromatic rings. The maximum absolute atomic E-state index is 9.36. The van der Waals surface area contributed by atoms with E-state index < -0.39 is 8.56 Å². The van der Waals surface area contributed by atoms with E-state index in [1.807, 2.05) is 6.07 Å². The van der Waals surface area contributed by atoms with E-state index in [9.17, 15) is 9.59 Å². The van der Waals surface area contributed by atoms with Crippen molar-refractivity contribution in [2.45, 2.75) is 0 Å². The first-order valence-corrected chi connectivity index (χ1v) is 5.47. The van der Waals surface area contributed by atoms with E-state index in [1.165, 1.54) is 0 Å². The summed E-state index contributed by atoms with van der Waals surface area (Å²) in [6.07, 6.45) is -0.0585. The van der Waals surface area contributed by atoms with Crippen molar-refractivity contribution in [1.82, 2.24) is 0 Å². The standard InChI is InChI=1S/C7H11NO2Si/c8-6-11(9,10)7-4-2-1-3-5-7/h1-5,9-10H,6,8H2. The molecule has 1 rings (SSSR count). The summed E-state index contributed by atoms with van der Waals surface area (Å²) < 4.78 is 0. The molecule has 0 heterocycles. The second kappa shape index (κ2) is 3.14. The lowest BCUT2D eigenvalue weighted by Crippen LogP contribution is -2.55. The Kier molecular flexibility index (Phi) is 2.40. The molecule has 0 fully saturated rings. The lowest BCUT2D eigenvalue weighted by molar-refractivity contribution is 0.382. The Balaban J connectivity index is 2.93. The van der Waals surface area contributed by atoms with Gasteiger partial charge in [0, 0.05) is 6.17 Å². The molecule has 0 atom stereocenters. The molecule has 11 heavy (non-hydrogen) atoms. The highest BCUT2D eigenvalue weighted by molar-refractivity contribution is 6.78. The zero-order chi connectivity index (χ0) is 8.32. The van der Waals surface area contributed by atoms with Crippen molar-refractivity contribution in [2.75, 3.05) is 6.17 Å². The topological polar surface area (TPSA) is 66.5 Å². The van der Waals surface area contributed by atoms with Gasteiger partial charge in [0.2, 0.25) is 0 Å². The van der Waals surface area contributed by atoms with Gasteiger partial charge >= 0.3 is 8.56 Å². The molecule has 4 heteroatoms. The molecule has 0 aliphatic carbocycles. The van der Waals surface area contributed by atoms with Crippen molar-refractivity contribution >= 4 is 13.7 Å². The maximum atomic E-state index is 9.36. The van der Waals surface area contributed by atoms with Crippen LogP contribution in [0.1, 0.15) is 0 Å². The summed E-state index contributed by atoms with van der Waals surface area (Å²) in [5.41, 5.74) is 5.20. The van der Waals surface area contributed by atoms with E-state index in [4.69, 9.17) is 5.73 Å². The number of hydrogen-bond donors (Lipinski definition) is 3. The number of nitrogens with two attached hydrogens (primary N) is 1. The van der Waals surface area contributed by atoms with E-state index in [-0.39, 0.29) is 6.17 Å². The van der Waals surface area contributed by atoms with Crippen LogP contribution in [0.3, 0.4) is 0 Å². The third kappa shape index (κ3) is 1.87. The van der Waals surface area contributed by atoms with Gasteiger partial charge in [-0.1, -0.05) is 30.3 Å². The van der Waals surface area contributed by atoms with Crippen LogP contribution in [0, 0.1) is 0 Å². The van der Waals surface area contributed by atoms with Crippen LogP contribution < -0.4 is 10.9 Å². The van der Waals surface area contributed by atoms with Gasteiger partial charge in [0.05, 0.1) is 0 Å². The highest BCUT2D eigenvalue weighted by Crippen LogP contribution is 1.92. The van der Waals surface area contributed by atoms with E-state index >= 15 is 0 Å². The molecule has 0 saturated carbocycles. The Labute approximate surface area is 66.4 Å². The van der Waals surface area contributed by atoms with E-state index in [1.54, 1.807) is 24.3 Å². The second-order valence-corrected chi connectivity index (χ2v) is 5.01. The molecule has 0 aliphatic heterocycles. The van der Waals surface area contributed by atoms with Gasteiger partial charge in [-0.05, 0) is 5.19 Å². The minimum absolute atomic E-state index is 0.0585. The maximum Gasteiger partial charge on any atom is 0.381 e. The first kappa shape index (κ1) is 8.41. The van der Waals surface area contributed by atoms with Crippen molar-refractivity contribution in [2.24, 2.45) is 5.73 Å². The molecular weight excluding hydrogens is 158 g/mol. The normalized spacial score (nSPS) is 11.5. The molecule has 0 aliphatic rings. The van der Waals surface area contributed by atoms with Crippen LogP contribution in [0.2, 0.25) is 0 Å². The Morgan fingerprint density at radius 3 is 2.18 bits per heavy atom. The minimum atomic E-state index is -3.28. The van der Waals surface area contributed by atoms with Crippen molar-refractivity contribution in [3.8, 4) is 0 Å². The highest BCUT2D eigenvalue weighted by Gasteiger charge is 2.29. The quantitative estimate of drug-likeness (QED) is 0.488. The molecule has 4 N–H and O–H groups in total. The molecular formula is C7H11NO2Si. The molecule has 1 aromatic carbocycles. The number of rotatable bonds is 2. The zero-order valence-electron chi connectivity index (χ0n) is 6.07. The van der Waals surface area contributed by atoms with Gasteiger partial charge in [-0.3, -0.25) is 0 Å². The van der Waals surface area contributed by atoms with Gasteiger partial charge in [0.15, 0.2) is 0 Å². The van der Waals surface area contributed by atoms with Crippen LogP contribution >= 0.6 is 0 Å². The molecule has 0 unspecified atom stereocenters. The van der Waals surface area contributed by atoms with Crippen LogP contribution in [0.4, 0.5) is 0 Å². The summed E-state index contributed by atoms with van der Waals surface area (Å²) >= 11 is 0. The van der Waals surface area contributed by atoms with E-state index in [0.717, 1.165) is 0 Å². The third-order valence-electron chi connectivity index (χ3n) is 1.52. The summed E-state index contributed by atoms with van der Waals surface area (Å²) in [6, 6.07) is 8.71. The van der Waals surface area contributed by atoms with Crippen LogP contribution in [0.5, 0.6) is 0 Å². The molecule has 0 saturated heterocycles. The summed E-state index contributed by atoms with van der Waals surface area (Å²) in [7, 11) is -3.28. The first-order valence-electron chi connectivity index (χ1n) is 3.37. The molecule has 0 spiro atoms. The minimum Gasteiger partial charge on any atom is -0.407 e. The fraction of sp³-hybridized carbons (Fsp3) is 0.143. The predicted molar refractivity (Wildman–Crippen MR) is 45.3 cm³/mol. The molecule has 0 amide bonds. The summed E-state index contributed by atoms with van der Waals surface area (Å²) in [4.78, 5) is 18.7. The summed E-state index contributed by atoms with van der Waals surface area (Å²) in [6.45, 7) is 0. The molecule has 60 valence electrons. The number of hydrogen-bond acceptors (Lipinski definition) is 3. The van der Waals surface area contributed by atoms with Crippen LogP contribution in [0.25, 0.3) is 0 Å². The third-order valence-corrected chi connectivity index (χ3v) is 3.35. The molecule has 0 radical (unpaired) electrons. The monoisotopic (exact) mass is 169 g/mol. The lowest BCUT2D eigenvalue weighted by Gasteiger charge is -2.14. The Bertz CT molecular complexity index is 225. The Hall–Kier alpha value is -0.683. The SMILES string of the molecule is NC[Si](O)(O)c1ccccc1. The molecule has 0 aromatic heterocycles. The van der Waals surface area contributed by atoms with Crippen LogP contribution in [-0.2, 0) is 0 Å². The van der Waals surface area contributed by atoms with Crippen molar-refractivity contribution in [3.63, 3.8) is 0 Å². The smallest absolute Gasteiger partial charge is 0.381 e. The summed E-state index contributed by atoms with van der Waals surface area (Å²) in [5, 5.41) is 0.558. The van der Waals surface area contributed by atoms with Gasteiger partial charge in [-0.15, -0.1) is 0 Å². The average molecular weight is 169 g/mol. The molecule has 3 nitrogen and oxygen atoms in total. The van der Waals surface area contributed by atoms with Gasteiger partial charge in [0.25, 0.3) is 0 Å². The van der Waals surface area contributed by atoms with E-state index in [0.29, 0.717) is 5.19 Å². The van der Waals surface area contributed by atoms with Gasteiger partial charge in [-0.2, -0.15) is 0 Å². The Morgan fingerprint density at radius 2 is 1.73 bits per heavy atom. The first-order chi connectivity index (χ1) is 5.17. The molecule has 0 bridgehead atoms. The fourth-order valence-corrected chi connectivity index (χ4v) is 1.78. The van der Waals surface area contributed by atoms with E-state index in [2.05, 4.69) is 0 Å². The van der Waals surface area contributed by atoms with Gasteiger partial charge in [-0.25, -0.2) is 0 Å². The second-order valence-electron chi connectivity index (χ2n) is 2.39. The van der Waals surface area contributed by atoms with Crippen LogP contribution in [0.15, 0.2) is 30.3 Å². The van der Waals surface area contributed by atoms with Gasteiger partial charge in [0.1, 0.15) is 0 Å². The predicted octanol–water partition coefficient (Wildman–Crippen LogP) is -1.18. The zero-order valence-corrected chi connectivity index (χ0v) is 7.07. The lowest BCUT2D eigenvalue weighted by atomic mass is 10.4. The number of benzene rings is 1.